The minimum absolute atomic E-state index is 0.189. The number of fused-ring (bicyclic) bond motifs is 1. The van der Waals surface area contributed by atoms with Gasteiger partial charge in [0.05, 0.1) is 16.9 Å². The van der Waals surface area contributed by atoms with Crippen molar-refractivity contribution < 1.29 is 18.0 Å². The van der Waals surface area contributed by atoms with Crippen molar-refractivity contribution in [1.29, 1.82) is 0 Å². The average molecular weight is 384 g/mol. The van der Waals surface area contributed by atoms with Crippen molar-refractivity contribution in [2.75, 3.05) is 23.3 Å². The van der Waals surface area contributed by atoms with Gasteiger partial charge < -0.3 is 10.2 Å². The molecule has 1 N–H and O–H groups in total. The van der Waals surface area contributed by atoms with Gasteiger partial charge in [-0.1, -0.05) is 36.4 Å². The Hall–Kier alpha value is -3.02. The molecule has 1 aliphatic heterocycles. The van der Waals surface area contributed by atoms with Crippen LogP contribution in [0.25, 0.3) is 10.8 Å². The van der Waals surface area contributed by atoms with Gasteiger partial charge in [-0.25, -0.2) is 0 Å². The largest absolute Gasteiger partial charge is 0.416 e. The highest BCUT2D eigenvalue weighted by Gasteiger charge is 2.32. The summed E-state index contributed by atoms with van der Waals surface area (Å²) in [6.07, 6.45) is -2.50. The third kappa shape index (κ3) is 3.54. The summed E-state index contributed by atoms with van der Waals surface area (Å²) in [5.41, 5.74) is 0.472. The Labute approximate surface area is 160 Å². The Kier molecular flexibility index (Phi) is 4.71. The number of nitrogens with zero attached hydrogens (tertiary/aromatic N) is 1. The highest BCUT2D eigenvalue weighted by atomic mass is 19.4. The number of rotatable bonds is 3. The van der Waals surface area contributed by atoms with Gasteiger partial charge in [-0.15, -0.1) is 0 Å². The van der Waals surface area contributed by atoms with Crippen LogP contribution < -0.4 is 10.2 Å². The summed E-state index contributed by atoms with van der Waals surface area (Å²) < 4.78 is 39.7. The van der Waals surface area contributed by atoms with Crippen LogP contribution in [0.3, 0.4) is 0 Å². The highest BCUT2D eigenvalue weighted by molar-refractivity contribution is 6.13. The van der Waals surface area contributed by atoms with Crippen LogP contribution in [0.2, 0.25) is 0 Å². The maximum absolute atomic E-state index is 13.2. The molecule has 0 unspecified atom stereocenters. The van der Waals surface area contributed by atoms with Crippen LogP contribution in [0.4, 0.5) is 24.5 Å². The number of carbonyl (C=O) groups excluding carboxylic acids is 1. The number of amides is 1. The monoisotopic (exact) mass is 384 g/mol. The maximum Gasteiger partial charge on any atom is 0.416 e. The van der Waals surface area contributed by atoms with Crippen LogP contribution in [0, 0.1) is 0 Å². The number of alkyl halides is 3. The second-order valence-corrected chi connectivity index (χ2v) is 6.90. The lowest BCUT2D eigenvalue weighted by molar-refractivity contribution is -0.137. The molecule has 0 saturated carbocycles. The molecule has 3 nitrogen and oxygen atoms in total. The molecule has 4 rings (SSSR count). The number of carbonyl (C=O) groups is 1. The first kappa shape index (κ1) is 18.3. The number of hydrogen-bond donors (Lipinski definition) is 1. The fraction of sp³-hybridized carbons (Fsp3) is 0.227. The van der Waals surface area contributed by atoms with E-state index in [1.807, 2.05) is 35.2 Å². The lowest BCUT2D eigenvalue weighted by Gasteiger charge is -2.23. The van der Waals surface area contributed by atoms with Crippen LogP contribution in [-0.2, 0) is 6.18 Å². The molecule has 6 heteroatoms. The van der Waals surface area contributed by atoms with Gasteiger partial charge in [0.1, 0.15) is 0 Å². The van der Waals surface area contributed by atoms with Crippen LogP contribution >= 0.6 is 0 Å². The quantitative estimate of drug-likeness (QED) is 0.627. The molecule has 3 aromatic rings. The van der Waals surface area contributed by atoms with Gasteiger partial charge in [-0.3, -0.25) is 4.79 Å². The second-order valence-electron chi connectivity index (χ2n) is 6.90. The van der Waals surface area contributed by atoms with Gasteiger partial charge in [0.25, 0.3) is 5.91 Å². The first-order valence-electron chi connectivity index (χ1n) is 9.19. The van der Waals surface area contributed by atoms with Gasteiger partial charge in [-0.05, 0) is 47.9 Å². The standard InChI is InChI=1S/C22H19F3N2O/c23-22(24,25)16-10-11-20(27-12-3-4-13-27)19(14-16)26-21(28)18-9-5-7-15-6-1-2-8-17(15)18/h1-2,5-11,14H,3-4,12-13H2,(H,26,28). The normalized spacial score (nSPS) is 14.5. The van der Waals surface area contributed by atoms with Gasteiger partial charge in [0.15, 0.2) is 0 Å². The van der Waals surface area contributed by atoms with Crippen LogP contribution in [0.5, 0.6) is 0 Å². The Balaban J connectivity index is 1.73. The van der Waals surface area contributed by atoms with Gasteiger partial charge in [0.2, 0.25) is 0 Å². The summed E-state index contributed by atoms with van der Waals surface area (Å²) in [5.74, 6) is -0.420. The van der Waals surface area contributed by atoms with Crippen molar-refractivity contribution in [2.24, 2.45) is 0 Å². The summed E-state index contributed by atoms with van der Waals surface area (Å²) in [6.45, 7) is 1.53. The van der Waals surface area contributed by atoms with Crippen molar-refractivity contribution in [3.05, 3.63) is 71.8 Å². The van der Waals surface area contributed by atoms with Crippen molar-refractivity contribution in [3.8, 4) is 0 Å². The van der Waals surface area contributed by atoms with Crippen molar-refractivity contribution >= 4 is 28.1 Å². The van der Waals surface area contributed by atoms with E-state index in [0.29, 0.717) is 11.3 Å². The van der Waals surface area contributed by atoms with E-state index in [1.165, 1.54) is 6.07 Å². The van der Waals surface area contributed by atoms with E-state index >= 15 is 0 Å². The molecule has 0 aliphatic carbocycles. The number of nitrogens with one attached hydrogen (secondary N) is 1. The zero-order valence-corrected chi connectivity index (χ0v) is 15.1. The first-order valence-corrected chi connectivity index (χ1v) is 9.19. The Morgan fingerprint density at radius 2 is 1.64 bits per heavy atom. The molecule has 0 radical (unpaired) electrons. The van der Waals surface area contributed by atoms with E-state index in [4.69, 9.17) is 0 Å². The van der Waals surface area contributed by atoms with E-state index < -0.39 is 17.6 Å². The third-order valence-corrected chi connectivity index (χ3v) is 5.05. The zero-order chi connectivity index (χ0) is 19.7. The predicted molar refractivity (Wildman–Crippen MR) is 105 cm³/mol. The highest BCUT2D eigenvalue weighted by Crippen LogP contribution is 2.37. The third-order valence-electron chi connectivity index (χ3n) is 5.05. The number of halogens is 3. The molecule has 0 bridgehead atoms. The molecule has 28 heavy (non-hydrogen) atoms. The van der Waals surface area contributed by atoms with Crippen molar-refractivity contribution in [3.63, 3.8) is 0 Å². The number of benzene rings is 3. The molecule has 1 amide bonds. The summed E-state index contributed by atoms with van der Waals surface area (Å²) in [5, 5.41) is 4.39. The molecule has 1 aliphatic rings. The van der Waals surface area contributed by atoms with E-state index in [0.717, 1.165) is 48.8 Å². The predicted octanol–water partition coefficient (Wildman–Crippen LogP) is 5.71. The van der Waals surface area contributed by atoms with Crippen molar-refractivity contribution in [1.82, 2.24) is 0 Å². The lowest BCUT2D eigenvalue weighted by atomic mass is 10.0. The fourth-order valence-electron chi connectivity index (χ4n) is 3.66. The van der Waals surface area contributed by atoms with Gasteiger partial charge in [0, 0.05) is 18.7 Å². The van der Waals surface area contributed by atoms with E-state index in [2.05, 4.69) is 5.32 Å². The van der Waals surface area contributed by atoms with Crippen molar-refractivity contribution in [2.45, 2.75) is 19.0 Å². The molecule has 1 saturated heterocycles. The molecule has 0 spiro atoms. The maximum atomic E-state index is 13.2. The average Bonchev–Trinajstić information content (AvgIpc) is 3.21. The molecule has 3 aromatic carbocycles. The zero-order valence-electron chi connectivity index (χ0n) is 15.1. The molecular weight excluding hydrogens is 365 g/mol. The fourth-order valence-corrected chi connectivity index (χ4v) is 3.66. The van der Waals surface area contributed by atoms with Gasteiger partial charge in [-0.2, -0.15) is 13.2 Å². The molecule has 0 atom stereocenters. The molecule has 0 aromatic heterocycles. The number of anilines is 2. The van der Waals surface area contributed by atoms with E-state index in [1.54, 1.807) is 12.1 Å². The minimum Gasteiger partial charge on any atom is -0.370 e. The Morgan fingerprint density at radius 1 is 0.929 bits per heavy atom. The topological polar surface area (TPSA) is 32.3 Å². The SMILES string of the molecule is O=C(Nc1cc(C(F)(F)F)ccc1N1CCCC1)c1cccc2ccccc12. The second kappa shape index (κ2) is 7.19. The molecule has 1 heterocycles. The van der Waals surface area contributed by atoms with E-state index in [-0.39, 0.29) is 5.69 Å². The van der Waals surface area contributed by atoms with Gasteiger partial charge >= 0.3 is 6.18 Å². The smallest absolute Gasteiger partial charge is 0.370 e. The Bertz CT molecular complexity index is 1020. The Morgan fingerprint density at radius 3 is 2.39 bits per heavy atom. The summed E-state index contributed by atoms with van der Waals surface area (Å²) in [4.78, 5) is 15.0. The molecule has 1 fully saturated rings. The van der Waals surface area contributed by atoms with Crippen LogP contribution in [0.1, 0.15) is 28.8 Å². The van der Waals surface area contributed by atoms with Crippen LogP contribution in [0.15, 0.2) is 60.7 Å². The summed E-state index contributed by atoms with van der Waals surface area (Å²) >= 11 is 0. The molecular formula is C22H19F3N2O. The lowest BCUT2D eigenvalue weighted by Crippen LogP contribution is -2.22. The van der Waals surface area contributed by atoms with Crippen LogP contribution in [-0.4, -0.2) is 19.0 Å². The van der Waals surface area contributed by atoms with E-state index in [9.17, 15) is 18.0 Å². The first-order chi connectivity index (χ1) is 13.4. The summed E-state index contributed by atoms with van der Waals surface area (Å²) in [6, 6.07) is 16.3. The number of hydrogen-bond acceptors (Lipinski definition) is 2. The molecule has 144 valence electrons. The minimum atomic E-state index is -4.47. The summed E-state index contributed by atoms with van der Waals surface area (Å²) in [7, 11) is 0.